The fourth-order valence-electron chi connectivity index (χ4n) is 1.46. The largest absolute Gasteiger partial charge is 0.481 e. The molecule has 0 aliphatic rings. The van der Waals surface area contributed by atoms with E-state index in [2.05, 4.69) is 17.2 Å². The second-order valence-electron chi connectivity index (χ2n) is 3.85. The van der Waals surface area contributed by atoms with Gasteiger partial charge in [-0.15, -0.1) is 0 Å². The maximum absolute atomic E-state index is 8.72. The summed E-state index contributed by atoms with van der Waals surface area (Å²) in [5.41, 5.74) is 1.16. The van der Waals surface area contributed by atoms with Gasteiger partial charge in [0.2, 0.25) is 5.88 Å². The minimum Gasteiger partial charge on any atom is -0.481 e. The van der Waals surface area contributed by atoms with Gasteiger partial charge in [-0.3, -0.25) is 0 Å². The van der Waals surface area contributed by atoms with E-state index >= 15 is 0 Å². The van der Waals surface area contributed by atoms with Gasteiger partial charge in [0.25, 0.3) is 0 Å². The van der Waals surface area contributed by atoms with Gasteiger partial charge in [0.05, 0.1) is 7.11 Å². The summed E-state index contributed by atoms with van der Waals surface area (Å²) in [6, 6.07) is 4.30. The van der Waals surface area contributed by atoms with Crippen LogP contribution in [0.4, 0.5) is 0 Å². The standard InChI is InChI=1S/C12H20N2O2/c1-10(4-3-7-15)14-9-11-5-6-13-12(8-11)16-2/h5-6,8,10,14-15H,3-4,7,9H2,1-2H3. The third kappa shape index (κ3) is 4.59. The van der Waals surface area contributed by atoms with Crippen LogP contribution < -0.4 is 10.1 Å². The van der Waals surface area contributed by atoms with E-state index in [1.165, 1.54) is 0 Å². The van der Waals surface area contributed by atoms with E-state index in [1.54, 1.807) is 13.3 Å². The number of hydrogen-bond acceptors (Lipinski definition) is 4. The molecule has 90 valence electrons. The Labute approximate surface area is 96.7 Å². The van der Waals surface area contributed by atoms with E-state index in [4.69, 9.17) is 9.84 Å². The second-order valence-corrected chi connectivity index (χ2v) is 3.85. The number of aliphatic hydroxyl groups excluding tert-OH is 1. The second kappa shape index (κ2) is 7.19. The molecule has 0 spiro atoms. The molecule has 1 atom stereocenters. The number of methoxy groups -OCH3 is 1. The Bertz CT molecular complexity index is 305. The van der Waals surface area contributed by atoms with Crippen molar-refractivity contribution in [3.8, 4) is 5.88 Å². The number of nitrogens with one attached hydrogen (secondary N) is 1. The first-order valence-electron chi connectivity index (χ1n) is 5.59. The smallest absolute Gasteiger partial charge is 0.213 e. The van der Waals surface area contributed by atoms with E-state index < -0.39 is 0 Å². The van der Waals surface area contributed by atoms with Crippen LogP contribution in [-0.2, 0) is 6.54 Å². The average Bonchev–Trinajstić information content (AvgIpc) is 2.34. The molecule has 0 aliphatic carbocycles. The number of hydrogen-bond donors (Lipinski definition) is 2. The molecule has 4 nitrogen and oxygen atoms in total. The highest BCUT2D eigenvalue weighted by Gasteiger charge is 2.02. The summed E-state index contributed by atoms with van der Waals surface area (Å²) in [5.74, 6) is 0.641. The number of ether oxygens (including phenoxy) is 1. The molecule has 0 bridgehead atoms. The summed E-state index contributed by atoms with van der Waals surface area (Å²) in [7, 11) is 1.61. The molecule has 4 heteroatoms. The molecular weight excluding hydrogens is 204 g/mol. The molecule has 1 aromatic heterocycles. The minimum absolute atomic E-state index is 0.259. The van der Waals surface area contributed by atoms with Crippen LogP contribution in [0.3, 0.4) is 0 Å². The van der Waals surface area contributed by atoms with E-state index in [9.17, 15) is 0 Å². The Kier molecular flexibility index (Phi) is 5.82. The predicted molar refractivity (Wildman–Crippen MR) is 63.4 cm³/mol. The first-order chi connectivity index (χ1) is 7.76. The molecule has 16 heavy (non-hydrogen) atoms. The zero-order valence-corrected chi connectivity index (χ0v) is 9.94. The Hall–Kier alpha value is -1.13. The van der Waals surface area contributed by atoms with Crippen LogP contribution in [0.2, 0.25) is 0 Å². The lowest BCUT2D eigenvalue weighted by atomic mass is 10.2. The summed E-state index contributed by atoms with van der Waals surface area (Å²) in [4.78, 5) is 4.05. The van der Waals surface area contributed by atoms with Gasteiger partial charge in [-0.2, -0.15) is 0 Å². The number of nitrogens with zero attached hydrogens (tertiary/aromatic N) is 1. The van der Waals surface area contributed by atoms with E-state index in [1.807, 2.05) is 12.1 Å². The summed E-state index contributed by atoms with van der Waals surface area (Å²) in [6.07, 6.45) is 3.57. The lowest BCUT2D eigenvalue weighted by molar-refractivity contribution is 0.276. The van der Waals surface area contributed by atoms with Gasteiger partial charge in [-0.25, -0.2) is 4.98 Å². The van der Waals surface area contributed by atoms with Crippen molar-refractivity contribution in [2.75, 3.05) is 13.7 Å². The molecule has 1 unspecified atom stereocenters. The fourth-order valence-corrected chi connectivity index (χ4v) is 1.46. The summed E-state index contributed by atoms with van der Waals surface area (Å²) in [6.45, 7) is 3.18. The molecule has 2 N–H and O–H groups in total. The van der Waals surface area contributed by atoms with Gasteiger partial charge in [0, 0.05) is 31.5 Å². The van der Waals surface area contributed by atoms with Crippen LogP contribution >= 0.6 is 0 Å². The first kappa shape index (κ1) is 12.9. The summed E-state index contributed by atoms with van der Waals surface area (Å²) >= 11 is 0. The van der Waals surface area contributed by atoms with Crippen molar-refractivity contribution >= 4 is 0 Å². The molecule has 0 fully saturated rings. The predicted octanol–water partition coefficient (Wildman–Crippen LogP) is 1.34. The van der Waals surface area contributed by atoms with Crippen molar-refractivity contribution in [2.24, 2.45) is 0 Å². The van der Waals surface area contributed by atoms with Crippen molar-refractivity contribution < 1.29 is 9.84 Å². The molecule has 1 rings (SSSR count). The zero-order valence-electron chi connectivity index (χ0n) is 9.94. The summed E-state index contributed by atoms with van der Waals surface area (Å²) in [5, 5.41) is 12.1. The van der Waals surface area contributed by atoms with Gasteiger partial charge < -0.3 is 15.2 Å². The van der Waals surface area contributed by atoms with Crippen molar-refractivity contribution in [3.63, 3.8) is 0 Å². The van der Waals surface area contributed by atoms with Crippen LogP contribution in [0.15, 0.2) is 18.3 Å². The number of pyridine rings is 1. The van der Waals surface area contributed by atoms with E-state index in [-0.39, 0.29) is 6.61 Å². The monoisotopic (exact) mass is 224 g/mol. The molecule has 0 aliphatic heterocycles. The maximum Gasteiger partial charge on any atom is 0.213 e. The van der Waals surface area contributed by atoms with Crippen LogP contribution in [0.25, 0.3) is 0 Å². The molecule has 0 saturated carbocycles. The van der Waals surface area contributed by atoms with Gasteiger partial charge in [-0.05, 0) is 31.4 Å². The number of rotatable bonds is 7. The highest BCUT2D eigenvalue weighted by Crippen LogP contribution is 2.08. The van der Waals surface area contributed by atoms with Crippen LogP contribution in [0, 0.1) is 0 Å². The lowest BCUT2D eigenvalue weighted by Crippen LogP contribution is -2.25. The SMILES string of the molecule is COc1cc(CNC(C)CCCO)ccn1. The Morgan fingerprint density at radius 2 is 2.38 bits per heavy atom. The van der Waals surface area contributed by atoms with Gasteiger partial charge in [-0.1, -0.05) is 0 Å². The highest BCUT2D eigenvalue weighted by molar-refractivity contribution is 5.20. The van der Waals surface area contributed by atoms with Crippen molar-refractivity contribution in [3.05, 3.63) is 23.9 Å². The Morgan fingerprint density at radius 3 is 3.06 bits per heavy atom. The van der Waals surface area contributed by atoms with Crippen LogP contribution in [0.1, 0.15) is 25.3 Å². The average molecular weight is 224 g/mol. The minimum atomic E-state index is 0.259. The first-order valence-corrected chi connectivity index (χ1v) is 5.59. The quantitative estimate of drug-likeness (QED) is 0.734. The Balaban J connectivity index is 2.35. The number of aromatic nitrogens is 1. The fraction of sp³-hybridized carbons (Fsp3) is 0.583. The normalized spacial score (nSPS) is 12.4. The molecule has 0 amide bonds. The van der Waals surface area contributed by atoms with Gasteiger partial charge in [0.15, 0.2) is 0 Å². The number of aliphatic hydroxyl groups is 1. The van der Waals surface area contributed by atoms with Crippen LogP contribution in [-0.4, -0.2) is 29.8 Å². The van der Waals surface area contributed by atoms with E-state index in [0.717, 1.165) is 24.9 Å². The molecule has 0 aromatic carbocycles. The van der Waals surface area contributed by atoms with Crippen LogP contribution in [0.5, 0.6) is 5.88 Å². The molecule has 1 aromatic rings. The topological polar surface area (TPSA) is 54.4 Å². The lowest BCUT2D eigenvalue weighted by Gasteiger charge is -2.13. The van der Waals surface area contributed by atoms with E-state index in [0.29, 0.717) is 11.9 Å². The molecule has 0 radical (unpaired) electrons. The van der Waals surface area contributed by atoms with Gasteiger partial charge >= 0.3 is 0 Å². The summed E-state index contributed by atoms with van der Waals surface area (Å²) < 4.78 is 5.05. The van der Waals surface area contributed by atoms with Crippen molar-refractivity contribution in [1.82, 2.24) is 10.3 Å². The third-order valence-electron chi connectivity index (χ3n) is 2.46. The molecule has 1 heterocycles. The molecular formula is C12H20N2O2. The van der Waals surface area contributed by atoms with Gasteiger partial charge in [0.1, 0.15) is 0 Å². The maximum atomic E-state index is 8.72. The Morgan fingerprint density at radius 1 is 1.56 bits per heavy atom. The highest BCUT2D eigenvalue weighted by atomic mass is 16.5. The zero-order chi connectivity index (χ0) is 11.8. The third-order valence-corrected chi connectivity index (χ3v) is 2.46. The molecule has 0 saturated heterocycles. The van der Waals surface area contributed by atoms with Crippen molar-refractivity contribution in [2.45, 2.75) is 32.4 Å². The van der Waals surface area contributed by atoms with Crippen molar-refractivity contribution in [1.29, 1.82) is 0 Å².